The standard InChI is InChI=1S/C15H13N5S/c16-9-12-14(17)20-21-15(12)19-8-6-11-4-1-3-10-5-2-7-18-13(10)11/h1-5,7,19H,6,8H2,(H2,17,20). The van der Waals surface area contributed by atoms with E-state index in [0.29, 0.717) is 12.1 Å². The van der Waals surface area contributed by atoms with Crippen molar-refractivity contribution in [2.24, 2.45) is 0 Å². The maximum Gasteiger partial charge on any atom is 0.157 e. The Labute approximate surface area is 126 Å². The molecule has 0 aliphatic rings. The lowest BCUT2D eigenvalue weighted by Crippen LogP contribution is -2.05. The number of aromatic nitrogens is 2. The predicted molar refractivity (Wildman–Crippen MR) is 85.2 cm³/mol. The second-order valence-corrected chi connectivity index (χ2v) is 5.33. The first-order valence-corrected chi connectivity index (χ1v) is 7.28. The Hall–Kier alpha value is -2.65. The summed E-state index contributed by atoms with van der Waals surface area (Å²) in [5, 5.41) is 14.1. The molecular formula is C15H13N5S. The summed E-state index contributed by atoms with van der Waals surface area (Å²) in [6, 6.07) is 12.2. The van der Waals surface area contributed by atoms with Crippen LogP contribution in [0.25, 0.3) is 10.9 Å². The van der Waals surface area contributed by atoms with Gasteiger partial charge in [-0.2, -0.15) is 9.64 Å². The zero-order valence-corrected chi connectivity index (χ0v) is 12.0. The van der Waals surface area contributed by atoms with Crippen LogP contribution in [0.2, 0.25) is 0 Å². The second kappa shape index (κ2) is 5.77. The number of benzene rings is 1. The van der Waals surface area contributed by atoms with Gasteiger partial charge in [-0.25, -0.2) is 0 Å². The number of nitrogens with two attached hydrogens (primary N) is 1. The predicted octanol–water partition coefficient (Wildman–Crippen LogP) is 2.80. The minimum Gasteiger partial charge on any atom is -0.382 e. The van der Waals surface area contributed by atoms with E-state index in [1.807, 2.05) is 12.1 Å². The fraction of sp³-hybridized carbons (Fsp3) is 0.133. The van der Waals surface area contributed by atoms with Gasteiger partial charge in [-0.15, -0.1) is 0 Å². The zero-order valence-electron chi connectivity index (χ0n) is 11.2. The van der Waals surface area contributed by atoms with E-state index < -0.39 is 0 Å². The van der Waals surface area contributed by atoms with Crippen molar-refractivity contribution >= 4 is 33.3 Å². The van der Waals surface area contributed by atoms with Crippen LogP contribution >= 0.6 is 11.5 Å². The van der Waals surface area contributed by atoms with E-state index in [9.17, 15) is 0 Å². The number of hydrogen-bond acceptors (Lipinski definition) is 6. The van der Waals surface area contributed by atoms with Crippen LogP contribution in [0.1, 0.15) is 11.1 Å². The van der Waals surface area contributed by atoms with Gasteiger partial charge in [0.25, 0.3) is 0 Å². The Morgan fingerprint density at radius 3 is 3.00 bits per heavy atom. The molecule has 0 saturated heterocycles. The average Bonchev–Trinajstić information content (AvgIpc) is 2.87. The summed E-state index contributed by atoms with van der Waals surface area (Å²) < 4.78 is 3.99. The Morgan fingerprint density at radius 2 is 2.14 bits per heavy atom. The smallest absolute Gasteiger partial charge is 0.157 e. The van der Waals surface area contributed by atoms with Gasteiger partial charge in [0, 0.05) is 18.1 Å². The molecule has 0 amide bonds. The van der Waals surface area contributed by atoms with Crippen LogP contribution in [0.5, 0.6) is 0 Å². The van der Waals surface area contributed by atoms with Crippen LogP contribution in [0.3, 0.4) is 0 Å². The Kier molecular flexibility index (Phi) is 3.67. The first-order valence-electron chi connectivity index (χ1n) is 6.51. The molecule has 3 N–H and O–H groups in total. The van der Waals surface area contributed by atoms with Gasteiger partial charge in [-0.3, -0.25) is 4.98 Å². The molecule has 2 heterocycles. The molecule has 0 radical (unpaired) electrons. The summed E-state index contributed by atoms with van der Waals surface area (Å²) in [5.41, 5.74) is 8.26. The monoisotopic (exact) mass is 295 g/mol. The number of rotatable bonds is 4. The highest BCUT2D eigenvalue weighted by Gasteiger charge is 2.10. The minimum atomic E-state index is 0.289. The van der Waals surface area contributed by atoms with Gasteiger partial charge in [-0.1, -0.05) is 24.3 Å². The highest BCUT2D eigenvalue weighted by atomic mass is 32.1. The highest BCUT2D eigenvalue weighted by molar-refractivity contribution is 7.10. The third-order valence-corrected chi connectivity index (χ3v) is 4.05. The third kappa shape index (κ3) is 2.64. The molecule has 3 aromatic rings. The summed E-state index contributed by atoms with van der Waals surface area (Å²) in [7, 11) is 0. The van der Waals surface area contributed by atoms with Crippen LogP contribution in [0.15, 0.2) is 36.5 Å². The molecule has 1 aromatic carbocycles. The first kappa shape index (κ1) is 13.3. The fourth-order valence-corrected chi connectivity index (χ4v) is 2.90. The van der Waals surface area contributed by atoms with Gasteiger partial charge in [0.05, 0.1) is 5.52 Å². The lowest BCUT2D eigenvalue weighted by atomic mass is 10.1. The molecular weight excluding hydrogens is 282 g/mol. The van der Waals surface area contributed by atoms with Gasteiger partial charge in [0.15, 0.2) is 5.82 Å². The average molecular weight is 295 g/mol. The van der Waals surface area contributed by atoms with Gasteiger partial charge < -0.3 is 11.1 Å². The van der Waals surface area contributed by atoms with Crippen molar-refractivity contribution in [3.8, 4) is 6.07 Å². The summed E-state index contributed by atoms with van der Waals surface area (Å²) >= 11 is 1.22. The molecule has 0 aliphatic heterocycles. The molecule has 0 saturated carbocycles. The first-order chi connectivity index (χ1) is 10.3. The number of hydrogen-bond donors (Lipinski definition) is 2. The maximum absolute atomic E-state index is 9.03. The van der Waals surface area contributed by atoms with Crippen molar-refractivity contribution in [3.05, 3.63) is 47.7 Å². The van der Waals surface area contributed by atoms with Gasteiger partial charge in [0.1, 0.15) is 16.6 Å². The van der Waals surface area contributed by atoms with E-state index in [4.69, 9.17) is 11.0 Å². The lowest BCUT2D eigenvalue weighted by Gasteiger charge is -2.07. The number of nitrogens with one attached hydrogen (secondary N) is 1. The third-order valence-electron chi connectivity index (χ3n) is 3.23. The highest BCUT2D eigenvalue weighted by Crippen LogP contribution is 2.25. The van der Waals surface area contributed by atoms with Crippen LogP contribution < -0.4 is 11.1 Å². The Morgan fingerprint density at radius 1 is 1.29 bits per heavy atom. The van der Waals surface area contributed by atoms with Crippen molar-refractivity contribution < 1.29 is 0 Å². The van der Waals surface area contributed by atoms with E-state index in [-0.39, 0.29) is 5.82 Å². The van der Waals surface area contributed by atoms with Gasteiger partial charge in [0.2, 0.25) is 0 Å². The van der Waals surface area contributed by atoms with Crippen LogP contribution in [0.4, 0.5) is 10.8 Å². The number of anilines is 2. The summed E-state index contributed by atoms with van der Waals surface area (Å²) in [5.74, 6) is 0.289. The molecule has 0 unspecified atom stereocenters. The van der Waals surface area contributed by atoms with E-state index >= 15 is 0 Å². The molecule has 0 bridgehead atoms. The van der Waals surface area contributed by atoms with Crippen molar-refractivity contribution in [3.63, 3.8) is 0 Å². The maximum atomic E-state index is 9.03. The minimum absolute atomic E-state index is 0.289. The van der Waals surface area contributed by atoms with E-state index in [2.05, 4.69) is 38.9 Å². The summed E-state index contributed by atoms with van der Waals surface area (Å²) in [6.07, 6.45) is 2.62. The van der Waals surface area contributed by atoms with Crippen molar-refractivity contribution in [1.82, 2.24) is 9.36 Å². The number of pyridine rings is 1. The van der Waals surface area contributed by atoms with Crippen molar-refractivity contribution in [2.75, 3.05) is 17.6 Å². The van der Waals surface area contributed by atoms with E-state index in [0.717, 1.165) is 22.3 Å². The summed E-state index contributed by atoms with van der Waals surface area (Å²) in [6.45, 7) is 0.700. The molecule has 0 fully saturated rings. The Bertz CT molecular complexity index is 813. The SMILES string of the molecule is N#Cc1c(N)nsc1NCCc1cccc2cccnc12. The second-order valence-electron chi connectivity index (χ2n) is 4.55. The van der Waals surface area contributed by atoms with Crippen LogP contribution in [-0.2, 0) is 6.42 Å². The quantitative estimate of drug-likeness (QED) is 0.772. The molecule has 0 aliphatic carbocycles. The molecule has 0 atom stereocenters. The number of nitrogen functional groups attached to an aromatic ring is 1. The zero-order chi connectivity index (χ0) is 14.7. The molecule has 3 rings (SSSR count). The van der Waals surface area contributed by atoms with Crippen molar-refractivity contribution in [2.45, 2.75) is 6.42 Å². The molecule has 2 aromatic heterocycles. The lowest BCUT2D eigenvalue weighted by molar-refractivity contribution is 1.03. The molecule has 5 nitrogen and oxygen atoms in total. The normalized spacial score (nSPS) is 10.4. The number of fused-ring (bicyclic) bond motifs is 1. The van der Waals surface area contributed by atoms with Gasteiger partial charge >= 0.3 is 0 Å². The Balaban J connectivity index is 1.74. The molecule has 104 valence electrons. The number of nitrogens with zero attached hydrogens (tertiary/aromatic N) is 3. The van der Waals surface area contributed by atoms with Crippen molar-refractivity contribution in [1.29, 1.82) is 5.26 Å². The molecule has 0 spiro atoms. The topological polar surface area (TPSA) is 87.6 Å². The van der Waals surface area contributed by atoms with Crippen LogP contribution in [0, 0.1) is 11.3 Å². The largest absolute Gasteiger partial charge is 0.382 e. The van der Waals surface area contributed by atoms with E-state index in [1.54, 1.807) is 6.20 Å². The number of para-hydroxylation sites is 1. The van der Waals surface area contributed by atoms with Crippen LogP contribution in [-0.4, -0.2) is 15.9 Å². The molecule has 6 heteroatoms. The van der Waals surface area contributed by atoms with Gasteiger partial charge in [-0.05, 0) is 29.6 Å². The fourth-order valence-electron chi connectivity index (χ4n) is 2.21. The molecule has 21 heavy (non-hydrogen) atoms. The summed E-state index contributed by atoms with van der Waals surface area (Å²) in [4.78, 5) is 4.43. The van der Waals surface area contributed by atoms with E-state index in [1.165, 1.54) is 17.1 Å². The number of nitriles is 1.